The highest BCUT2D eigenvalue weighted by Crippen LogP contribution is 2.12. The zero-order chi connectivity index (χ0) is 15.2. The second kappa shape index (κ2) is 7.00. The fraction of sp³-hybridized carbons (Fsp3) is 0.545. The summed E-state index contributed by atoms with van der Waals surface area (Å²) >= 11 is 0. The van der Waals surface area contributed by atoms with E-state index in [2.05, 4.69) is 15.0 Å². The fourth-order valence-corrected chi connectivity index (χ4v) is 3.24. The van der Waals surface area contributed by atoms with Gasteiger partial charge in [0.05, 0.1) is 10.6 Å². The summed E-state index contributed by atoms with van der Waals surface area (Å²) in [6.07, 6.45) is 2.76. The zero-order valence-electron chi connectivity index (χ0n) is 11.5. The number of sulfonamides is 1. The van der Waals surface area contributed by atoms with Crippen molar-refractivity contribution in [1.82, 2.24) is 9.71 Å². The zero-order valence-corrected chi connectivity index (χ0v) is 13.1. The molecule has 1 heterocycles. The SMILES string of the molecule is CCNc1cc(S(=O)(=O)NCCCS(C)(=O)=O)ccn1. The lowest BCUT2D eigenvalue weighted by molar-refractivity contribution is 0.577. The Bertz CT molecular complexity index is 641. The third kappa shape index (κ3) is 5.85. The molecule has 7 nitrogen and oxygen atoms in total. The topological polar surface area (TPSA) is 105 Å². The quantitative estimate of drug-likeness (QED) is 0.664. The fourth-order valence-electron chi connectivity index (χ4n) is 1.48. The number of hydrogen-bond donors (Lipinski definition) is 2. The molecule has 0 saturated carbocycles. The van der Waals surface area contributed by atoms with E-state index in [1.807, 2.05) is 6.92 Å². The van der Waals surface area contributed by atoms with Gasteiger partial charge in [0.25, 0.3) is 0 Å². The first-order valence-corrected chi connectivity index (χ1v) is 9.66. The first kappa shape index (κ1) is 16.9. The number of hydrogen-bond acceptors (Lipinski definition) is 6. The maximum Gasteiger partial charge on any atom is 0.240 e. The van der Waals surface area contributed by atoms with E-state index in [4.69, 9.17) is 0 Å². The van der Waals surface area contributed by atoms with E-state index in [9.17, 15) is 16.8 Å². The number of sulfone groups is 1. The van der Waals surface area contributed by atoms with Gasteiger partial charge in [-0.15, -0.1) is 0 Å². The molecular weight excluding hydrogens is 302 g/mol. The monoisotopic (exact) mass is 321 g/mol. The van der Waals surface area contributed by atoms with E-state index in [0.717, 1.165) is 6.26 Å². The van der Waals surface area contributed by atoms with Crippen molar-refractivity contribution in [2.45, 2.75) is 18.2 Å². The molecule has 9 heteroatoms. The van der Waals surface area contributed by atoms with Crippen molar-refractivity contribution in [2.24, 2.45) is 0 Å². The molecule has 0 aliphatic carbocycles. The summed E-state index contributed by atoms with van der Waals surface area (Å²) in [7, 11) is -6.72. The van der Waals surface area contributed by atoms with Crippen LogP contribution < -0.4 is 10.0 Å². The lowest BCUT2D eigenvalue weighted by Gasteiger charge is -2.08. The Balaban J connectivity index is 2.66. The normalized spacial score (nSPS) is 12.3. The van der Waals surface area contributed by atoms with Gasteiger partial charge in [0.15, 0.2) is 0 Å². The van der Waals surface area contributed by atoms with Gasteiger partial charge in [-0.1, -0.05) is 0 Å². The van der Waals surface area contributed by atoms with Gasteiger partial charge in [-0.05, 0) is 19.4 Å². The van der Waals surface area contributed by atoms with E-state index < -0.39 is 19.9 Å². The van der Waals surface area contributed by atoms with Gasteiger partial charge in [0.1, 0.15) is 15.7 Å². The highest BCUT2D eigenvalue weighted by molar-refractivity contribution is 7.90. The van der Waals surface area contributed by atoms with Gasteiger partial charge in [0, 0.05) is 31.6 Å². The molecule has 0 radical (unpaired) electrons. The van der Waals surface area contributed by atoms with Crippen molar-refractivity contribution in [3.63, 3.8) is 0 Å². The van der Waals surface area contributed by atoms with Crippen molar-refractivity contribution in [3.8, 4) is 0 Å². The van der Waals surface area contributed by atoms with Gasteiger partial charge >= 0.3 is 0 Å². The molecular formula is C11H19N3O4S2. The van der Waals surface area contributed by atoms with Crippen molar-refractivity contribution < 1.29 is 16.8 Å². The van der Waals surface area contributed by atoms with Crippen LogP contribution in [0, 0.1) is 0 Å². The predicted octanol–water partition coefficient (Wildman–Crippen LogP) is 0.226. The summed E-state index contributed by atoms with van der Waals surface area (Å²) in [6.45, 7) is 2.60. The molecule has 1 rings (SSSR count). The molecule has 0 amide bonds. The summed E-state index contributed by atoms with van der Waals surface area (Å²) in [4.78, 5) is 4.09. The van der Waals surface area contributed by atoms with Gasteiger partial charge < -0.3 is 5.32 Å². The van der Waals surface area contributed by atoms with Crippen LogP contribution in [0.1, 0.15) is 13.3 Å². The molecule has 0 unspecified atom stereocenters. The average molecular weight is 321 g/mol. The molecule has 0 bridgehead atoms. The number of nitrogens with one attached hydrogen (secondary N) is 2. The maximum atomic E-state index is 12.0. The van der Waals surface area contributed by atoms with Crippen molar-refractivity contribution in [2.75, 3.05) is 30.4 Å². The third-order valence-electron chi connectivity index (χ3n) is 2.38. The van der Waals surface area contributed by atoms with Crippen LogP contribution in [0.15, 0.2) is 23.2 Å². The summed E-state index contributed by atoms with van der Waals surface area (Å²) in [6, 6.07) is 2.82. The Kier molecular flexibility index (Phi) is 5.90. The summed E-state index contributed by atoms with van der Waals surface area (Å²) in [5.74, 6) is 0.431. The smallest absolute Gasteiger partial charge is 0.240 e. The molecule has 2 N–H and O–H groups in total. The number of aromatic nitrogens is 1. The Morgan fingerprint density at radius 3 is 2.55 bits per heavy atom. The van der Waals surface area contributed by atoms with Gasteiger partial charge in [-0.2, -0.15) is 0 Å². The Hall–Kier alpha value is -1.19. The molecule has 0 aliphatic rings. The number of pyridine rings is 1. The van der Waals surface area contributed by atoms with Crippen molar-refractivity contribution >= 4 is 25.7 Å². The van der Waals surface area contributed by atoms with Crippen molar-refractivity contribution in [1.29, 1.82) is 0 Å². The third-order valence-corrected chi connectivity index (χ3v) is 4.87. The predicted molar refractivity (Wildman–Crippen MR) is 77.9 cm³/mol. The molecule has 0 atom stereocenters. The lowest BCUT2D eigenvalue weighted by Crippen LogP contribution is -2.26. The van der Waals surface area contributed by atoms with Gasteiger partial charge in [-0.25, -0.2) is 26.5 Å². The molecule has 0 spiro atoms. The van der Waals surface area contributed by atoms with Crippen LogP contribution in [0.4, 0.5) is 5.82 Å². The highest BCUT2D eigenvalue weighted by Gasteiger charge is 2.14. The van der Waals surface area contributed by atoms with Crippen LogP contribution in [0.2, 0.25) is 0 Å². The second-order valence-corrected chi connectivity index (χ2v) is 8.32. The largest absolute Gasteiger partial charge is 0.370 e. The molecule has 0 fully saturated rings. The average Bonchev–Trinajstić information content (AvgIpc) is 2.34. The molecule has 20 heavy (non-hydrogen) atoms. The second-order valence-electron chi connectivity index (χ2n) is 4.29. The minimum Gasteiger partial charge on any atom is -0.370 e. The van der Waals surface area contributed by atoms with Gasteiger partial charge in [-0.3, -0.25) is 0 Å². The van der Waals surface area contributed by atoms with Crippen LogP contribution >= 0.6 is 0 Å². The summed E-state index contributed by atoms with van der Waals surface area (Å²) in [5, 5.41) is 2.92. The van der Waals surface area contributed by atoms with Crippen LogP contribution in [-0.2, 0) is 19.9 Å². The molecule has 1 aromatic rings. The van der Waals surface area contributed by atoms with E-state index >= 15 is 0 Å². The van der Waals surface area contributed by atoms with Gasteiger partial charge in [0.2, 0.25) is 10.0 Å². The van der Waals surface area contributed by atoms with Crippen LogP contribution in [0.5, 0.6) is 0 Å². The van der Waals surface area contributed by atoms with Crippen LogP contribution in [-0.4, -0.2) is 46.9 Å². The Labute approximate surface area is 119 Å². The standard InChI is InChI=1S/C11H19N3O4S2/c1-3-12-11-9-10(5-7-13-11)20(17,18)14-6-4-8-19(2,15)16/h5,7,9,14H,3-4,6,8H2,1-2H3,(H,12,13). The Morgan fingerprint density at radius 2 is 1.95 bits per heavy atom. The number of nitrogens with zero attached hydrogens (tertiary/aromatic N) is 1. The number of rotatable bonds is 8. The summed E-state index contributed by atoms with van der Waals surface area (Å²) in [5.41, 5.74) is 0. The van der Waals surface area contributed by atoms with E-state index in [1.165, 1.54) is 18.3 Å². The minimum absolute atomic E-state index is 0.0471. The Morgan fingerprint density at radius 1 is 1.25 bits per heavy atom. The maximum absolute atomic E-state index is 12.0. The summed E-state index contributed by atoms with van der Waals surface area (Å²) < 4.78 is 48.3. The molecule has 1 aromatic heterocycles. The number of anilines is 1. The molecule has 0 saturated heterocycles. The lowest BCUT2D eigenvalue weighted by atomic mass is 10.4. The molecule has 0 aliphatic heterocycles. The van der Waals surface area contributed by atoms with Crippen LogP contribution in [0.25, 0.3) is 0 Å². The first-order valence-electron chi connectivity index (χ1n) is 6.12. The van der Waals surface area contributed by atoms with Crippen molar-refractivity contribution in [3.05, 3.63) is 18.3 Å². The molecule has 0 aromatic carbocycles. The van der Waals surface area contributed by atoms with E-state index in [1.54, 1.807) is 0 Å². The van der Waals surface area contributed by atoms with E-state index in [0.29, 0.717) is 12.4 Å². The first-order chi connectivity index (χ1) is 9.24. The highest BCUT2D eigenvalue weighted by atomic mass is 32.2. The van der Waals surface area contributed by atoms with Crippen LogP contribution in [0.3, 0.4) is 0 Å². The molecule has 114 valence electrons. The minimum atomic E-state index is -3.64. The van der Waals surface area contributed by atoms with E-state index in [-0.39, 0.29) is 23.6 Å².